The Morgan fingerprint density at radius 3 is 2.29 bits per heavy atom. The number of benzene rings is 1. The minimum Gasteiger partial charge on any atom is -0.396 e. The van der Waals surface area contributed by atoms with Crippen molar-refractivity contribution in [3.05, 3.63) is 29.8 Å². The second-order valence-electron chi connectivity index (χ2n) is 3.51. The van der Waals surface area contributed by atoms with E-state index in [1.54, 1.807) is 12.1 Å². The van der Waals surface area contributed by atoms with Gasteiger partial charge in [0.15, 0.2) is 0 Å². The Kier molecular flexibility index (Phi) is 4.51. The molecule has 0 fully saturated rings. The normalized spacial score (nSPS) is 11.3. The highest BCUT2D eigenvalue weighted by Gasteiger charge is 2.31. The molecular weight excluding hydrogens is 235 g/mol. The predicted molar refractivity (Wildman–Crippen MR) is 56.5 cm³/mol. The van der Waals surface area contributed by atoms with Gasteiger partial charge in [-0.1, -0.05) is 12.1 Å². The number of carbonyl (C=O) groups excluding carboxylic acids is 1. The van der Waals surface area contributed by atoms with Crippen molar-refractivity contribution in [2.45, 2.75) is 19.0 Å². The summed E-state index contributed by atoms with van der Waals surface area (Å²) in [5.74, 6) is -1.09. The zero-order valence-corrected chi connectivity index (χ0v) is 8.92. The molecule has 1 rings (SSSR count). The molecule has 0 atom stereocenters. The maximum Gasteiger partial charge on any atom is 0.397 e. The van der Waals surface area contributed by atoms with Crippen molar-refractivity contribution in [1.82, 2.24) is 0 Å². The maximum atomic E-state index is 11.9. The fourth-order valence-electron chi connectivity index (χ4n) is 1.27. The topological polar surface area (TPSA) is 49.3 Å². The molecule has 0 spiro atoms. The number of amides is 1. The van der Waals surface area contributed by atoms with Gasteiger partial charge in [-0.25, -0.2) is 0 Å². The molecule has 0 bridgehead atoms. The van der Waals surface area contributed by atoms with E-state index in [2.05, 4.69) is 5.32 Å². The number of anilines is 1. The smallest absolute Gasteiger partial charge is 0.396 e. The van der Waals surface area contributed by atoms with Gasteiger partial charge in [0.05, 0.1) is 0 Å². The monoisotopic (exact) mass is 247 g/mol. The molecule has 94 valence electrons. The highest BCUT2D eigenvalue weighted by atomic mass is 19.4. The molecule has 0 unspecified atom stereocenters. The molecule has 1 aromatic rings. The molecule has 0 aliphatic carbocycles. The number of hydrogen-bond donors (Lipinski definition) is 2. The molecule has 6 heteroatoms. The highest BCUT2D eigenvalue weighted by Crippen LogP contribution is 2.20. The molecular formula is C11H12F3NO2. The van der Waals surface area contributed by atoms with E-state index in [9.17, 15) is 18.0 Å². The fourth-order valence-corrected chi connectivity index (χ4v) is 1.27. The van der Waals surface area contributed by atoms with E-state index >= 15 is 0 Å². The number of carbonyl (C=O) groups is 1. The van der Waals surface area contributed by atoms with Crippen LogP contribution in [-0.2, 0) is 11.2 Å². The number of hydrogen-bond acceptors (Lipinski definition) is 2. The van der Waals surface area contributed by atoms with Crippen molar-refractivity contribution >= 4 is 11.6 Å². The van der Waals surface area contributed by atoms with Gasteiger partial charge in [-0.15, -0.1) is 0 Å². The third-order valence-electron chi connectivity index (χ3n) is 2.00. The van der Waals surface area contributed by atoms with Crippen LogP contribution in [0, 0.1) is 0 Å². The summed E-state index contributed by atoms with van der Waals surface area (Å²) < 4.78 is 35.7. The van der Waals surface area contributed by atoms with E-state index in [0.29, 0.717) is 12.1 Å². The standard InChI is InChI=1S/C11H12F3NO2/c12-11(13,14)7-10(17)15-9-3-1-8(2-4-9)5-6-16/h1-4,16H,5-7H2,(H,15,17). The molecule has 0 aromatic heterocycles. The predicted octanol–water partition coefficient (Wildman–Crippen LogP) is 2.11. The van der Waals surface area contributed by atoms with Gasteiger partial charge in [0, 0.05) is 12.3 Å². The fraction of sp³-hybridized carbons (Fsp3) is 0.364. The van der Waals surface area contributed by atoms with Crippen molar-refractivity contribution in [2.24, 2.45) is 0 Å². The largest absolute Gasteiger partial charge is 0.397 e. The van der Waals surface area contributed by atoms with Crippen LogP contribution in [-0.4, -0.2) is 23.8 Å². The quantitative estimate of drug-likeness (QED) is 0.856. The lowest BCUT2D eigenvalue weighted by Crippen LogP contribution is -2.21. The minimum absolute atomic E-state index is 0.000219. The van der Waals surface area contributed by atoms with Crippen LogP contribution in [0.5, 0.6) is 0 Å². The molecule has 0 saturated carbocycles. The third-order valence-corrected chi connectivity index (χ3v) is 2.00. The summed E-state index contributed by atoms with van der Waals surface area (Å²) in [6.45, 7) is -0.000219. The van der Waals surface area contributed by atoms with Crippen molar-refractivity contribution in [3.8, 4) is 0 Å². The summed E-state index contributed by atoms with van der Waals surface area (Å²) in [5.41, 5.74) is 1.15. The first-order valence-corrected chi connectivity index (χ1v) is 4.97. The van der Waals surface area contributed by atoms with Crippen LogP contribution in [0.15, 0.2) is 24.3 Å². The van der Waals surface area contributed by atoms with E-state index in [0.717, 1.165) is 5.56 Å². The summed E-state index contributed by atoms with van der Waals surface area (Å²) in [6.07, 6.45) is -5.52. The highest BCUT2D eigenvalue weighted by molar-refractivity contribution is 5.91. The van der Waals surface area contributed by atoms with Crippen LogP contribution in [0.2, 0.25) is 0 Å². The summed E-state index contributed by atoms with van der Waals surface area (Å²) in [4.78, 5) is 11.0. The lowest BCUT2D eigenvalue weighted by molar-refractivity contribution is -0.150. The van der Waals surface area contributed by atoms with Gasteiger partial charge in [0.2, 0.25) is 5.91 Å². The Morgan fingerprint density at radius 1 is 1.24 bits per heavy atom. The first-order valence-electron chi connectivity index (χ1n) is 4.97. The van der Waals surface area contributed by atoms with Gasteiger partial charge in [0.25, 0.3) is 0 Å². The SMILES string of the molecule is O=C(CC(F)(F)F)Nc1ccc(CCO)cc1. The maximum absolute atomic E-state index is 11.9. The van der Waals surface area contributed by atoms with Crippen molar-refractivity contribution in [1.29, 1.82) is 0 Å². The number of alkyl halides is 3. The first kappa shape index (κ1) is 13.5. The van der Waals surface area contributed by atoms with Crippen LogP contribution in [0.4, 0.5) is 18.9 Å². The van der Waals surface area contributed by atoms with Crippen molar-refractivity contribution < 1.29 is 23.1 Å². The average molecular weight is 247 g/mol. The van der Waals surface area contributed by atoms with Crippen LogP contribution < -0.4 is 5.32 Å². The van der Waals surface area contributed by atoms with E-state index in [4.69, 9.17) is 5.11 Å². The number of halogens is 3. The van der Waals surface area contributed by atoms with Crippen molar-refractivity contribution in [3.63, 3.8) is 0 Å². The molecule has 17 heavy (non-hydrogen) atoms. The summed E-state index contributed by atoms with van der Waals surface area (Å²) >= 11 is 0. The van der Waals surface area contributed by atoms with Crippen LogP contribution >= 0.6 is 0 Å². The second kappa shape index (κ2) is 5.67. The van der Waals surface area contributed by atoms with Gasteiger partial charge in [-0.3, -0.25) is 4.79 Å². The van der Waals surface area contributed by atoms with E-state index in [1.165, 1.54) is 12.1 Å². The summed E-state index contributed by atoms with van der Waals surface area (Å²) in [5, 5.41) is 10.8. The van der Waals surface area contributed by atoms with Gasteiger partial charge < -0.3 is 10.4 Å². The Morgan fingerprint density at radius 2 is 1.82 bits per heavy atom. The molecule has 0 radical (unpaired) electrons. The second-order valence-corrected chi connectivity index (χ2v) is 3.51. The Bertz CT molecular complexity index is 373. The lowest BCUT2D eigenvalue weighted by Gasteiger charge is -2.08. The van der Waals surface area contributed by atoms with Gasteiger partial charge >= 0.3 is 6.18 Å². The molecule has 0 aliphatic heterocycles. The van der Waals surface area contributed by atoms with Gasteiger partial charge in [-0.05, 0) is 24.1 Å². The van der Waals surface area contributed by atoms with E-state index < -0.39 is 18.5 Å². The van der Waals surface area contributed by atoms with E-state index in [-0.39, 0.29) is 6.61 Å². The van der Waals surface area contributed by atoms with Gasteiger partial charge in [0.1, 0.15) is 6.42 Å². The van der Waals surface area contributed by atoms with E-state index in [1.807, 2.05) is 0 Å². The molecule has 1 amide bonds. The number of aliphatic hydroxyl groups excluding tert-OH is 1. The zero-order valence-electron chi connectivity index (χ0n) is 8.92. The molecule has 0 heterocycles. The summed E-state index contributed by atoms with van der Waals surface area (Å²) in [6, 6.07) is 6.28. The summed E-state index contributed by atoms with van der Waals surface area (Å²) in [7, 11) is 0. The Balaban J connectivity index is 2.54. The van der Waals surface area contributed by atoms with Crippen molar-refractivity contribution in [2.75, 3.05) is 11.9 Å². The molecule has 0 saturated heterocycles. The molecule has 2 N–H and O–H groups in total. The molecule has 0 aliphatic rings. The van der Waals surface area contributed by atoms with Crippen LogP contribution in [0.25, 0.3) is 0 Å². The van der Waals surface area contributed by atoms with Crippen LogP contribution in [0.3, 0.4) is 0 Å². The number of nitrogens with one attached hydrogen (secondary N) is 1. The first-order chi connectivity index (χ1) is 7.90. The minimum atomic E-state index is -4.50. The molecule has 1 aromatic carbocycles. The average Bonchev–Trinajstić information content (AvgIpc) is 2.18. The van der Waals surface area contributed by atoms with Crippen LogP contribution in [0.1, 0.15) is 12.0 Å². The molecule has 3 nitrogen and oxygen atoms in total. The zero-order chi connectivity index (χ0) is 12.9. The lowest BCUT2D eigenvalue weighted by atomic mass is 10.1. The Hall–Kier alpha value is -1.56. The number of aliphatic hydroxyl groups is 1. The van der Waals surface area contributed by atoms with Gasteiger partial charge in [-0.2, -0.15) is 13.2 Å². The number of rotatable bonds is 4. The third kappa shape index (κ3) is 5.35. The Labute approximate surface area is 96.3 Å².